The standard InChI is InChI=1S/C30H43NO4/c1-10-30(11-2,23-12-14-25(20(3)16-23)28(34)31(9)18-22(5)32)24-13-15-26(21(4)17-24)35-19-27(33)29(6,7)8/h12-17,27,33H,10-11,18-19H2,1-9H3/t27-/m1/s1. The highest BCUT2D eigenvalue weighted by Crippen LogP contribution is 2.41. The summed E-state index contributed by atoms with van der Waals surface area (Å²) in [6, 6.07) is 12.4. The number of hydrogen-bond acceptors (Lipinski definition) is 4. The van der Waals surface area contributed by atoms with Crippen molar-refractivity contribution in [3.05, 3.63) is 64.2 Å². The molecule has 192 valence electrons. The first-order valence-electron chi connectivity index (χ1n) is 12.5. The van der Waals surface area contributed by atoms with Crippen LogP contribution in [0.15, 0.2) is 36.4 Å². The lowest BCUT2D eigenvalue weighted by molar-refractivity contribution is -0.117. The molecule has 0 aliphatic heterocycles. The molecule has 35 heavy (non-hydrogen) atoms. The predicted octanol–water partition coefficient (Wildman–Crippen LogP) is 5.86. The van der Waals surface area contributed by atoms with Gasteiger partial charge in [0.05, 0.1) is 12.6 Å². The molecular weight excluding hydrogens is 438 g/mol. The van der Waals surface area contributed by atoms with Crippen molar-refractivity contribution >= 4 is 11.7 Å². The summed E-state index contributed by atoms with van der Waals surface area (Å²) in [6.45, 7) is 16.2. The molecule has 2 rings (SSSR count). The van der Waals surface area contributed by atoms with Crippen LogP contribution in [0.5, 0.6) is 5.75 Å². The molecule has 2 aromatic rings. The van der Waals surface area contributed by atoms with Gasteiger partial charge in [-0.3, -0.25) is 9.59 Å². The Labute approximate surface area is 211 Å². The third-order valence-electron chi connectivity index (χ3n) is 7.15. The maximum atomic E-state index is 12.9. The summed E-state index contributed by atoms with van der Waals surface area (Å²) in [4.78, 5) is 25.8. The van der Waals surface area contributed by atoms with Crippen molar-refractivity contribution < 1.29 is 19.4 Å². The number of ether oxygens (including phenoxy) is 1. The Morgan fingerprint density at radius 2 is 1.51 bits per heavy atom. The van der Waals surface area contributed by atoms with E-state index in [1.54, 1.807) is 7.05 Å². The summed E-state index contributed by atoms with van der Waals surface area (Å²) < 4.78 is 5.96. The van der Waals surface area contributed by atoms with E-state index in [1.165, 1.54) is 23.0 Å². The highest BCUT2D eigenvalue weighted by molar-refractivity contribution is 5.97. The summed E-state index contributed by atoms with van der Waals surface area (Å²) in [5.74, 6) is 0.600. The zero-order chi connectivity index (χ0) is 26.6. The van der Waals surface area contributed by atoms with E-state index in [1.807, 2.05) is 52.8 Å². The number of rotatable bonds is 10. The molecule has 5 heteroatoms. The minimum atomic E-state index is -0.550. The molecule has 5 nitrogen and oxygen atoms in total. The van der Waals surface area contributed by atoms with Crippen molar-refractivity contribution in [2.45, 2.75) is 79.8 Å². The molecule has 1 atom stereocenters. The number of nitrogens with zero attached hydrogens (tertiary/aromatic N) is 1. The van der Waals surface area contributed by atoms with Crippen LogP contribution in [0.3, 0.4) is 0 Å². The average Bonchev–Trinajstić information content (AvgIpc) is 2.78. The number of aliphatic hydroxyl groups is 1. The van der Waals surface area contributed by atoms with Gasteiger partial charge in [-0.15, -0.1) is 0 Å². The van der Waals surface area contributed by atoms with Crippen LogP contribution in [0.4, 0.5) is 0 Å². The quantitative estimate of drug-likeness (QED) is 0.462. The summed E-state index contributed by atoms with van der Waals surface area (Å²) in [5, 5.41) is 10.3. The number of carbonyl (C=O) groups excluding carboxylic acids is 2. The summed E-state index contributed by atoms with van der Waals surface area (Å²) >= 11 is 0. The van der Waals surface area contributed by atoms with Crippen LogP contribution >= 0.6 is 0 Å². The topological polar surface area (TPSA) is 66.8 Å². The number of amides is 1. The Hall–Kier alpha value is -2.66. The minimum absolute atomic E-state index is 0.0400. The molecule has 0 spiro atoms. The van der Waals surface area contributed by atoms with E-state index >= 15 is 0 Å². The van der Waals surface area contributed by atoms with Crippen LogP contribution in [-0.2, 0) is 10.2 Å². The van der Waals surface area contributed by atoms with E-state index in [9.17, 15) is 14.7 Å². The fourth-order valence-corrected chi connectivity index (χ4v) is 4.57. The summed E-state index contributed by atoms with van der Waals surface area (Å²) in [6.07, 6.45) is 1.26. The number of carbonyl (C=O) groups is 2. The van der Waals surface area contributed by atoms with Crippen LogP contribution in [-0.4, -0.2) is 48.0 Å². The number of aliphatic hydroxyl groups excluding tert-OH is 1. The van der Waals surface area contributed by atoms with Gasteiger partial charge in [0.15, 0.2) is 0 Å². The molecule has 1 amide bonds. The van der Waals surface area contributed by atoms with Gasteiger partial charge in [0.2, 0.25) is 0 Å². The maximum absolute atomic E-state index is 12.9. The van der Waals surface area contributed by atoms with Gasteiger partial charge in [0, 0.05) is 18.0 Å². The fourth-order valence-electron chi connectivity index (χ4n) is 4.57. The summed E-state index contributed by atoms with van der Waals surface area (Å²) in [5.41, 5.74) is 4.49. The Balaban J connectivity index is 2.38. The number of Topliss-reactive ketones (excluding diaryl/α,β-unsaturated/α-hetero) is 1. The molecular formula is C30H43NO4. The van der Waals surface area contributed by atoms with Crippen molar-refractivity contribution in [1.29, 1.82) is 0 Å². The average molecular weight is 482 g/mol. The first-order valence-corrected chi connectivity index (χ1v) is 12.5. The number of hydrogen-bond donors (Lipinski definition) is 1. The fraction of sp³-hybridized carbons (Fsp3) is 0.533. The normalized spacial score (nSPS) is 12.9. The highest BCUT2D eigenvalue weighted by atomic mass is 16.5. The first-order chi connectivity index (χ1) is 16.3. The molecule has 0 saturated carbocycles. The van der Waals surface area contributed by atoms with Gasteiger partial charge in [-0.25, -0.2) is 0 Å². The largest absolute Gasteiger partial charge is 0.491 e. The third-order valence-corrected chi connectivity index (χ3v) is 7.15. The first kappa shape index (κ1) is 28.6. The number of aryl methyl sites for hydroxylation is 2. The molecule has 0 unspecified atom stereocenters. The Kier molecular flexibility index (Phi) is 9.29. The molecule has 0 heterocycles. The molecule has 0 aliphatic carbocycles. The predicted molar refractivity (Wildman–Crippen MR) is 142 cm³/mol. The zero-order valence-electron chi connectivity index (χ0n) is 23.0. The van der Waals surface area contributed by atoms with Crippen LogP contribution in [0.25, 0.3) is 0 Å². The molecule has 0 saturated heterocycles. The molecule has 0 radical (unpaired) electrons. The van der Waals surface area contributed by atoms with Crippen LogP contribution in [0.1, 0.15) is 87.0 Å². The Morgan fingerprint density at radius 1 is 0.971 bits per heavy atom. The number of benzene rings is 2. The van der Waals surface area contributed by atoms with Crippen molar-refractivity contribution in [3.63, 3.8) is 0 Å². The number of likely N-dealkylation sites (N-methyl/N-ethyl adjacent to an activating group) is 1. The molecule has 0 aliphatic rings. The van der Waals surface area contributed by atoms with Crippen molar-refractivity contribution in [2.75, 3.05) is 20.2 Å². The van der Waals surface area contributed by atoms with E-state index in [0.29, 0.717) is 5.56 Å². The van der Waals surface area contributed by atoms with Gasteiger partial charge in [0.25, 0.3) is 5.91 Å². The monoisotopic (exact) mass is 481 g/mol. The van der Waals surface area contributed by atoms with Gasteiger partial charge in [0.1, 0.15) is 18.1 Å². The molecule has 1 N–H and O–H groups in total. The van der Waals surface area contributed by atoms with Gasteiger partial charge < -0.3 is 14.7 Å². The van der Waals surface area contributed by atoms with Gasteiger partial charge >= 0.3 is 0 Å². The SMILES string of the molecule is CCC(CC)(c1ccc(OC[C@@H](O)C(C)(C)C)c(C)c1)c1ccc(C(=O)N(C)CC(C)=O)c(C)c1. The van der Waals surface area contributed by atoms with E-state index in [0.717, 1.165) is 29.7 Å². The van der Waals surface area contributed by atoms with Crippen molar-refractivity contribution in [2.24, 2.45) is 5.41 Å². The van der Waals surface area contributed by atoms with Crippen LogP contribution < -0.4 is 4.74 Å². The molecule has 0 aromatic heterocycles. The van der Waals surface area contributed by atoms with Crippen LogP contribution in [0, 0.1) is 19.3 Å². The lowest BCUT2D eigenvalue weighted by atomic mass is 9.70. The highest BCUT2D eigenvalue weighted by Gasteiger charge is 2.32. The summed E-state index contributed by atoms with van der Waals surface area (Å²) in [7, 11) is 1.66. The van der Waals surface area contributed by atoms with Gasteiger partial charge in [-0.1, -0.05) is 58.9 Å². The van der Waals surface area contributed by atoms with Gasteiger partial charge in [-0.2, -0.15) is 0 Å². The smallest absolute Gasteiger partial charge is 0.254 e. The molecule has 0 bridgehead atoms. The van der Waals surface area contributed by atoms with E-state index in [2.05, 4.69) is 32.0 Å². The second-order valence-electron chi connectivity index (χ2n) is 10.9. The second-order valence-corrected chi connectivity index (χ2v) is 10.9. The molecule has 2 aromatic carbocycles. The minimum Gasteiger partial charge on any atom is -0.491 e. The third kappa shape index (κ3) is 6.52. The van der Waals surface area contributed by atoms with Crippen molar-refractivity contribution in [3.8, 4) is 5.75 Å². The maximum Gasteiger partial charge on any atom is 0.254 e. The second kappa shape index (κ2) is 11.4. The van der Waals surface area contributed by atoms with E-state index in [-0.39, 0.29) is 35.7 Å². The van der Waals surface area contributed by atoms with Crippen molar-refractivity contribution in [1.82, 2.24) is 4.90 Å². The molecule has 0 fully saturated rings. The van der Waals surface area contributed by atoms with Gasteiger partial charge in [-0.05, 0) is 73.4 Å². The van der Waals surface area contributed by atoms with Crippen LogP contribution in [0.2, 0.25) is 0 Å². The number of ketones is 1. The Bertz CT molecular complexity index is 1050. The van der Waals surface area contributed by atoms with E-state index < -0.39 is 6.10 Å². The zero-order valence-corrected chi connectivity index (χ0v) is 23.0. The lowest BCUT2D eigenvalue weighted by Crippen LogP contribution is -2.32. The van der Waals surface area contributed by atoms with E-state index in [4.69, 9.17) is 4.74 Å². The Morgan fingerprint density at radius 3 is 1.97 bits per heavy atom. The lowest BCUT2D eigenvalue weighted by Gasteiger charge is -2.34.